The molecule has 4 heterocycles. The number of aliphatic hydroxyl groups is 1. The molecular weight excluding hydrogens is 452 g/mol. The van der Waals surface area contributed by atoms with E-state index in [1.165, 1.54) is 11.8 Å². The second-order valence-electron chi connectivity index (χ2n) is 9.29. The maximum absolute atomic E-state index is 14.2. The van der Waals surface area contributed by atoms with Crippen LogP contribution in [0, 0.1) is 11.8 Å². The van der Waals surface area contributed by atoms with Crippen LogP contribution in [-0.4, -0.2) is 75.0 Å². The first-order valence-electron chi connectivity index (χ1n) is 12.0. The molecule has 2 saturated heterocycles. The quantitative estimate of drug-likeness (QED) is 0.495. The van der Waals surface area contributed by atoms with E-state index in [9.17, 15) is 19.5 Å². The Bertz CT molecular complexity index is 1030. The number of nitrogens with zero attached hydrogens (tertiary/aromatic N) is 2. The average Bonchev–Trinajstić information content (AvgIpc) is 3.15. The van der Waals surface area contributed by atoms with Crippen molar-refractivity contribution < 1.29 is 24.2 Å². The van der Waals surface area contributed by atoms with Gasteiger partial charge < -0.3 is 19.6 Å². The summed E-state index contributed by atoms with van der Waals surface area (Å²) in [5.41, 5.74) is 0.763. The molecule has 8 heteroatoms. The molecule has 1 aromatic carbocycles. The van der Waals surface area contributed by atoms with Gasteiger partial charge in [0.2, 0.25) is 11.8 Å². The van der Waals surface area contributed by atoms with Crippen molar-refractivity contribution in [1.29, 1.82) is 0 Å². The first-order chi connectivity index (χ1) is 16.5. The van der Waals surface area contributed by atoms with Gasteiger partial charge in [0.05, 0.1) is 29.2 Å². The lowest BCUT2D eigenvalue weighted by molar-refractivity contribution is -0.152. The molecule has 1 aromatic rings. The Labute approximate surface area is 203 Å². The van der Waals surface area contributed by atoms with Crippen molar-refractivity contribution in [3.05, 3.63) is 60.2 Å². The second-order valence-corrected chi connectivity index (χ2v) is 10.8. The molecule has 4 aliphatic heterocycles. The first-order valence-corrected chi connectivity index (χ1v) is 12.9. The van der Waals surface area contributed by atoms with Gasteiger partial charge in [-0.15, -0.1) is 11.8 Å². The van der Waals surface area contributed by atoms with Crippen LogP contribution in [0.4, 0.5) is 0 Å². The number of benzene rings is 1. The monoisotopic (exact) mass is 482 g/mol. The van der Waals surface area contributed by atoms with Crippen LogP contribution in [0.3, 0.4) is 0 Å². The molecule has 0 radical (unpaired) electrons. The van der Waals surface area contributed by atoms with Crippen LogP contribution in [0.1, 0.15) is 31.4 Å². The molecule has 4 aliphatic rings. The zero-order valence-electron chi connectivity index (χ0n) is 19.2. The molecule has 6 atom stereocenters. The van der Waals surface area contributed by atoms with E-state index >= 15 is 0 Å². The maximum Gasteiger partial charge on any atom is 0.311 e. The predicted molar refractivity (Wildman–Crippen MR) is 129 cm³/mol. The van der Waals surface area contributed by atoms with Crippen LogP contribution in [0.15, 0.2) is 54.6 Å². The van der Waals surface area contributed by atoms with Gasteiger partial charge in [-0.05, 0) is 12.0 Å². The summed E-state index contributed by atoms with van der Waals surface area (Å²) >= 11 is 1.52. The summed E-state index contributed by atoms with van der Waals surface area (Å²) in [5, 5.41) is 10.2. The van der Waals surface area contributed by atoms with Crippen molar-refractivity contribution in [2.45, 2.75) is 41.8 Å². The van der Waals surface area contributed by atoms with Gasteiger partial charge >= 0.3 is 5.97 Å². The highest BCUT2D eigenvalue weighted by atomic mass is 32.2. The molecule has 1 unspecified atom stereocenters. The number of hydrogen-bond donors (Lipinski definition) is 1. The van der Waals surface area contributed by atoms with Crippen LogP contribution in [0.2, 0.25) is 0 Å². The largest absolute Gasteiger partial charge is 0.461 e. The van der Waals surface area contributed by atoms with E-state index < -0.39 is 34.6 Å². The highest BCUT2D eigenvalue weighted by Crippen LogP contribution is 2.62. The van der Waals surface area contributed by atoms with Gasteiger partial charge in [0.1, 0.15) is 12.6 Å². The lowest BCUT2D eigenvalue weighted by Gasteiger charge is -2.38. The number of amides is 2. The van der Waals surface area contributed by atoms with Crippen LogP contribution in [0.25, 0.3) is 0 Å². The third kappa shape index (κ3) is 3.50. The molecule has 0 bridgehead atoms. The average molecular weight is 483 g/mol. The molecule has 0 aliphatic carbocycles. The van der Waals surface area contributed by atoms with E-state index in [1.807, 2.05) is 59.5 Å². The van der Waals surface area contributed by atoms with Crippen LogP contribution < -0.4 is 0 Å². The molecular formula is C26H30N2O5S. The van der Waals surface area contributed by atoms with Crippen molar-refractivity contribution in [1.82, 2.24) is 9.80 Å². The number of esters is 1. The third-order valence-electron chi connectivity index (χ3n) is 7.41. The standard InChI is InChI=1S/C26H30N2O5S/c1-2-3-13-27-14-8-12-26-21(20-19(34-26)11-7-15-33-25(20)32)23(30)28(22(26)24(27)31)18(16-29)17-9-5-4-6-10-17/h4-12,18-22,29H,2-3,13-16H2,1H3/t18-,19+,20-,21+,22?,26+/m1/s1. The normalized spacial score (nSPS) is 33.2. The Morgan fingerprint density at radius 1 is 1.18 bits per heavy atom. The number of carbonyl (C=O) groups excluding carboxylic acids is 3. The zero-order valence-corrected chi connectivity index (χ0v) is 20.0. The summed E-state index contributed by atoms with van der Waals surface area (Å²) in [7, 11) is 0. The zero-order chi connectivity index (χ0) is 23.9. The molecule has 2 fully saturated rings. The molecule has 180 valence electrons. The minimum absolute atomic E-state index is 0.120. The summed E-state index contributed by atoms with van der Waals surface area (Å²) in [4.78, 5) is 44.7. The highest BCUT2D eigenvalue weighted by molar-refractivity contribution is 8.02. The van der Waals surface area contributed by atoms with Crippen molar-refractivity contribution in [2.75, 3.05) is 26.3 Å². The van der Waals surface area contributed by atoms with E-state index in [-0.39, 0.29) is 30.3 Å². The first kappa shape index (κ1) is 23.2. The molecule has 0 saturated carbocycles. The predicted octanol–water partition coefficient (Wildman–Crippen LogP) is 2.33. The Hall–Kier alpha value is -2.58. The van der Waals surface area contributed by atoms with Crippen LogP contribution in [-0.2, 0) is 19.1 Å². The number of unbranched alkanes of at least 4 members (excludes halogenated alkanes) is 1. The number of aliphatic hydroxyl groups excluding tert-OH is 1. The topological polar surface area (TPSA) is 87.2 Å². The number of fused-ring (bicyclic) bond motifs is 2. The number of ether oxygens (including phenoxy) is 1. The van der Waals surface area contributed by atoms with Gasteiger partial charge in [0.15, 0.2) is 0 Å². The van der Waals surface area contributed by atoms with Gasteiger partial charge in [-0.3, -0.25) is 14.4 Å². The summed E-state index contributed by atoms with van der Waals surface area (Å²) in [6.07, 6.45) is 9.55. The summed E-state index contributed by atoms with van der Waals surface area (Å²) in [6, 6.07) is 7.82. The number of likely N-dealkylation sites (tertiary alicyclic amines) is 1. The van der Waals surface area contributed by atoms with Crippen LogP contribution >= 0.6 is 11.8 Å². The number of thioether (sulfide) groups is 1. The number of rotatable bonds is 6. The summed E-state index contributed by atoms with van der Waals surface area (Å²) in [5.74, 6) is -2.18. The van der Waals surface area contributed by atoms with Gasteiger partial charge in [0.25, 0.3) is 0 Å². The van der Waals surface area contributed by atoms with E-state index in [2.05, 4.69) is 6.92 Å². The van der Waals surface area contributed by atoms with E-state index in [1.54, 1.807) is 4.90 Å². The fourth-order valence-electron chi connectivity index (χ4n) is 5.87. The molecule has 1 N–H and O–H groups in total. The number of cyclic esters (lactones) is 1. The highest BCUT2D eigenvalue weighted by Gasteiger charge is 2.71. The summed E-state index contributed by atoms with van der Waals surface area (Å²) in [6.45, 7) is 3.03. The fraction of sp³-hybridized carbons (Fsp3) is 0.500. The van der Waals surface area contributed by atoms with E-state index in [0.717, 1.165) is 18.4 Å². The van der Waals surface area contributed by atoms with Crippen molar-refractivity contribution >= 4 is 29.5 Å². The second kappa shape index (κ2) is 9.23. The Balaban J connectivity index is 1.64. The SMILES string of the molecule is CCCCN1CC=C[C@]23S[C@H]4C=CCOC(=O)[C@H]4[C@H]2C(=O)N([C@H](CO)c2ccccc2)C3C1=O. The molecule has 7 nitrogen and oxygen atoms in total. The van der Waals surface area contributed by atoms with Gasteiger partial charge in [0, 0.05) is 18.3 Å². The molecule has 1 spiro atoms. The van der Waals surface area contributed by atoms with Crippen molar-refractivity contribution in [3.8, 4) is 0 Å². The Kier molecular flexibility index (Phi) is 6.29. The Morgan fingerprint density at radius 2 is 1.97 bits per heavy atom. The van der Waals surface area contributed by atoms with Gasteiger partial charge in [-0.1, -0.05) is 68.0 Å². The van der Waals surface area contributed by atoms with Crippen LogP contribution in [0.5, 0.6) is 0 Å². The number of hydrogen-bond acceptors (Lipinski definition) is 6. The molecule has 34 heavy (non-hydrogen) atoms. The van der Waals surface area contributed by atoms with Gasteiger partial charge in [-0.2, -0.15) is 0 Å². The summed E-state index contributed by atoms with van der Waals surface area (Å²) < 4.78 is 4.51. The minimum Gasteiger partial charge on any atom is -0.461 e. The smallest absolute Gasteiger partial charge is 0.311 e. The van der Waals surface area contributed by atoms with Crippen molar-refractivity contribution in [2.24, 2.45) is 11.8 Å². The molecule has 0 aromatic heterocycles. The molecule has 2 amide bonds. The number of carbonyl (C=O) groups is 3. The third-order valence-corrected chi connectivity index (χ3v) is 9.15. The maximum atomic E-state index is 14.2. The van der Waals surface area contributed by atoms with Gasteiger partial charge in [-0.25, -0.2) is 0 Å². The lowest BCUT2D eigenvalue weighted by Crippen LogP contribution is -2.54. The lowest BCUT2D eigenvalue weighted by atomic mass is 9.78. The van der Waals surface area contributed by atoms with E-state index in [4.69, 9.17) is 4.74 Å². The van der Waals surface area contributed by atoms with Crippen molar-refractivity contribution in [3.63, 3.8) is 0 Å². The molecule has 5 rings (SSSR count). The van der Waals surface area contributed by atoms with E-state index in [0.29, 0.717) is 13.1 Å². The fourth-order valence-corrected chi connectivity index (χ4v) is 7.86. The minimum atomic E-state index is -0.895. The Morgan fingerprint density at radius 3 is 2.71 bits per heavy atom.